The summed E-state index contributed by atoms with van der Waals surface area (Å²) in [6, 6.07) is -1.37. The molecule has 6 heteroatoms. The molecule has 0 aromatic heterocycles. The minimum Gasteiger partial charge on any atom is -0.480 e. The average molecular weight is 300 g/mol. The van der Waals surface area contributed by atoms with Crippen LogP contribution in [0.1, 0.15) is 46.5 Å². The van der Waals surface area contributed by atoms with Gasteiger partial charge in [0.2, 0.25) is 0 Å². The topological polar surface area (TPSA) is 89.9 Å². The summed E-state index contributed by atoms with van der Waals surface area (Å²) in [6.07, 6.45) is 2.99. The predicted octanol–water partition coefficient (Wildman–Crippen LogP) is 1.68. The van der Waals surface area contributed by atoms with E-state index in [1.54, 1.807) is 4.90 Å². The molecule has 2 amide bonds. The fourth-order valence-corrected chi connectivity index (χ4v) is 2.79. The molecule has 3 N–H and O–H groups in total. The maximum atomic E-state index is 12.2. The molecule has 1 heterocycles. The zero-order valence-electron chi connectivity index (χ0n) is 13.3. The average Bonchev–Trinajstić information content (AvgIpc) is 2.63. The van der Waals surface area contributed by atoms with Crippen molar-refractivity contribution in [3.8, 4) is 0 Å². The lowest BCUT2D eigenvalue weighted by Gasteiger charge is -2.30. The number of aliphatic hydroxyl groups is 1. The van der Waals surface area contributed by atoms with Crippen LogP contribution in [-0.2, 0) is 4.79 Å². The van der Waals surface area contributed by atoms with E-state index in [0.717, 1.165) is 19.3 Å². The lowest BCUT2D eigenvalue weighted by molar-refractivity contribution is -0.139. The Hall–Kier alpha value is -1.30. The minimum atomic E-state index is -1.11. The minimum absolute atomic E-state index is 0.0273. The molecule has 1 fully saturated rings. The van der Waals surface area contributed by atoms with Gasteiger partial charge in [-0.2, -0.15) is 0 Å². The first-order valence-electron chi connectivity index (χ1n) is 7.64. The van der Waals surface area contributed by atoms with Gasteiger partial charge in [-0.25, -0.2) is 9.59 Å². The Kier molecular flexibility index (Phi) is 6.45. The normalized spacial score (nSPS) is 21.5. The molecule has 1 rings (SSSR count). The fraction of sp³-hybridized carbons (Fsp3) is 0.867. The monoisotopic (exact) mass is 300 g/mol. The summed E-state index contributed by atoms with van der Waals surface area (Å²) in [5, 5.41) is 20.4. The van der Waals surface area contributed by atoms with Crippen LogP contribution in [0.3, 0.4) is 0 Å². The number of amides is 2. The van der Waals surface area contributed by atoms with Gasteiger partial charge in [-0.05, 0) is 30.6 Å². The van der Waals surface area contributed by atoms with Crippen LogP contribution in [-0.4, -0.2) is 52.9 Å². The van der Waals surface area contributed by atoms with E-state index >= 15 is 0 Å². The first-order chi connectivity index (χ1) is 9.75. The summed E-state index contributed by atoms with van der Waals surface area (Å²) in [5.74, 6) is -0.539. The van der Waals surface area contributed by atoms with Gasteiger partial charge in [0.25, 0.3) is 0 Å². The second-order valence-corrected chi connectivity index (χ2v) is 6.83. The highest BCUT2D eigenvalue weighted by Crippen LogP contribution is 2.34. The Morgan fingerprint density at radius 3 is 2.48 bits per heavy atom. The Labute approximate surface area is 126 Å². The number of carboxylic acid groups (broad SMARTS) is 1. The van der Waals surface area contributed by atoms with Crippen LogP contribution in [0.25, 0.3) is 0 Å². The number of aliphatic hydroxyl groups excluding tert-OH is 1. The molecule has 0 saturated carbocycles. The second-order valence-electron chi connectivity index (χ2n) is 6.83. The summed E-state index contributed by atoms with van der Waals surface area (Å²) in [7, 11) is 0. The van der Waals surface area contributed by atoms with Crippen LogP contribution >= 0.6 is 0 Å². The van der Waals surface area contributed by atoms with E-state index in [1.807, 2.05) is 0 Å². The van der Waals surface area contributed by atoms with Crippen LogP contribution in [0, 0.1) is 11.3 Å². The SMILES string of the molecule is CC(C)(C)C1CCCN(C(=O)N[C@@H](CCO)C(=O)O)CC1. The lowest BCUT2D eigenvalue weighted by Crippen LogP contribution is -2.48. The van der Waals surface area contributed by atoms with Gasteiger partial charge in [-0.1, -0.05) is 20.8 Å². The maximum absolute atomic E-state index is 12.2. The van der Waals surface area contributed by atoms with Crippen LogP contribution in [0.5, 0.6) is 0 Å². The summed E-state index contributed by atoms with van der Waals surface area (Å²) >= 11 is 0. The van der Waals surface area contributed by atoms with Gasteiger partial charge in [0.1, 0.15) is 6.04 Å². The van der Waals surface area contributed by atoms with Gasteiger partial charge >= 0.3 is 12.0 Å². The molecule has 1 aliphatic rings. The number of carbonyl (C=O) groups excluding carboxylic acids is 1. The van der Waals surface area contributed by atoms with E-state index in [0.29, 0.717) is 19.0 Å². The Balaban J connectivity index is 2.57. The van der Waals surface area contributed by atoms with Gasteiger partial charge in [0, 0.05) is 26.1 Å². The molecule has 0 aliphatic carbocycles. The number of hydrogen-bond donors (Lipinski definition) is 3. The highest BCUT2D eigenvalue weighted by Gasteiger charge is 2.29. The quantitative estimate of drug-likeness (QED) is 0.737. The summed E-state index contributed by atoms with van der Waals surface area (Å²) < 4.78 is 0. The highest BCUT2D eigenvalue weighted by atomic mass is 16.4. The largest absolute Gasteiger partial charge is 0.480 e. The van der Waals surface area contributed by atoms with E-state index in [9.17, 15) is 9.59 Å². The first kappa shape index (κ1) is 17.8. The van der Waals surface area contributed by atoms with Crippen molar-refractivity contribution in [3.63, 3.8) is 0 Å². The van der Waals surface area contributed by atoms with Crippen molar-refractivity contribution in [2.45, 2.75) is 52.5 Å². The van der Waals surface area contributed by atoms with Gasteiger partial charge in [0.15, 0.2) is 0 Å². The zero-order valence-corrected chi connectivity index (χ0v) is 13.3. The van der Waals surface area contributed by atoms with E-state index in [2.05, 4.69) is 26.1 Å². The van der Waals surface area contributed by atoms with Gasteiger partial charge in [0.05, 0.1) is 0 Å². The number of nitrogens with zero attached hydrogens (tertiary/aromatic N) is 1. The van der Waals surface area contributed by atoms with Crippen molar-refractivity contribution < 1.29 is 19.8 Å². The van der Waals surface area contributed by atoms with E-state index in [1.165, 1.54) is 0 Å². The van der Waals surface area contributed by atoms with Crippen molar-refractivity contribution >= 4 is 12.0 Å². The molecule has 0 aromatic rings. The van der Waals surface area contributed by atoms with Crippen LogP contribution in [0.4, 0.5) is 4.79 Å². The molecule has 2 atom stereocenters. The van der Waals surface area contributed by atoms with Crippen molar-refractivity contribution in [1.29, 1.82) is 0 Å². The highest BCUT2D eigenvalue weighted by molar-refractivity contribution is 5.82. The number of aliphatic carboxylic acids is 1. The fourth-order valence-electron chi connectivity index (χ4n) is 2.79. The van der Waals surface area contributed by atoms with Gasteiger partial charge in [-0.15, -0.1) is 0 Å². The predicted molar refractivity (Wildman–Crippen MR) is 80.0 cm³/mol. The number of nitrogens with one attached hydrogen (secondary N) is 1. The Morgan fingerprint density at radius 1 is 1.29 bits per heavy atom. The van der Waals surface area contributed by atoms with Crippen molar-refractivity contribution in [3.05, 3.63) is 0 Å². The molecule has 1 aliphatic heterocycles. The number of carboxylic acids is 1. The van der Waals surface area contributed by atoms with E-state index < -0.39 is 12.0 Å². The molecule has 0 spiro atoms. The number of likely N-dealkylation sites (tertiary alicyclic amines) is 1. The molecular formula is C15H28N2O4. The number of hydrogen-bond acceptors (Lipinski definition) is 3. The molecule has 21 heavy (non-hydrogen) atoms. The van der Waals surface area contributed by atoms with Gasteiger partial charge in [-0.3, -0.25) is 0 Å². The maximum Gasteiger partial charge on any atom is 0.326 e. The molecule has 0 aromatic carbocycles. The summed E-state index contributed by atoms with van der Waals surface area (Å²) in [6.45, 7) is 7.70. The van der Waals surface area contributed by atoms with Crippen molar-refractivity contribution in [2.24, 2.45) is 11.3 Å². The number of urea groups is 1. The molecule has 0 bridgehead atoms. The number of carbonyl (C=O) groups is 2. The zero-order chi connectivity index (χ0) is 16.0. The Bertz CT molecular complexity index is 365. The number of rotatable bonds is 4. The van der Waals surface area contributed by atoms with E-state index in [4.69, 9.17) is 10.2 Å². The third-order valence-electron chi connectivity index (χ3n) is 4.25. The molecule has 1 saturated heterocycles. The molecule has 1 unspecified atom stereocenters. The Morgan fingerprint density at radius 2 is 1.95 bits per heavy atom. The molecular weight excluding hydrogens is 272 g/mol. The standard InChI is InChI=1S/C15H28N2O4/c1-15(2,3)11-5-4-8-17(9-6-11)14(21)16-12(7-10-18)13(19)20/h11-12,18H,4-10H2,1-3H3,(H,16,21)(H,19,20)/t11?,12-/m0/s1. The van der Waals surface area contributed by atoms with Crippen LogP contribution < -0.4 is 5.32 Å². The molecule has 6 nitrogen and oxygen atoms in total. The van der Waals surface area contributed by atoms with Crippen molar-refractivity contribution in [1.82, 2.24) is 10.2 Å². The smallest absolute Gasteiger partial charge is 0.326 e. The van der Waals surface area contributed by atoms with E-state index in [-0.39, 0.29) is 24.5 Å². The third-order valence-corrected chi connectivity index (χ3v) is 4.25. The van der Waals surface area contributed by atoms with Gasteiger partial charge < -0.3 is 20.4 Å². The van der Waals surface area contributed by atoms with Crippen molar-refractivity contribution in [2.75, 3.05) is 19.7 Å². The summed E-state index contributed by atoms with van der Waals surface area (Å²) in [4.78, 5) is 24.9. The molecule has 0 radical (unpaired) electrons. The third kappa shape index (κ3) is 5.53. The van der Waals surface area contributed by atoms with Crippen LogP contribution in [0.2, 0.25) is 0 Å². The summed E-state index contributed by atoms with van der Waals surface area (Å²) in [5.41, 5.74) is 0.229. The second kappa shape index (κ2) is 7.64. The molecule has 122 valence electrons. The first-order valence-corrected chi connectivity index (χ1v) is 7.64. The van der Waals surface area contributed by atoms with Crippen LogP contribution in [0.15, 0.2) is 0 Å². The lowest BCUT2D eigenvalue weighted by atomic mass is 9.77.